The van der Waals surface area contributed by atoms with Crippen LogP contribution >= 0.6 is 7.82 Å². The number of halogens is 1. The van der Waals surface area contributed by atoms with Gasteiger partial charge in [0.25, 0.3) is 0 Å². The van der Waals surface area contributed by atoms with Crippen LogP contribution in [-0.2, 0) is 29.7 Å². The van der Waals surface area contributed by atoms with Gasteiger partial charge in [0.15, 0.2) is 5.82 Å². The number of rotatable bonds is 29. The van der Waals surface area contributed by atoms with Gasteiger partial charge in [-0.3, -0.25) is 9.05 Å². The Hall–Kier alpha value is -2.99. The molecule has 318 valence electrons. The lowest BCUT2D eigenvalue weighted by atomic mass is 9.97. The zero-order valence-corrected chi connectivity index (χ0v) is 34.8. The summed E-state index contributed by atoms with van der Waals surface area (Å²) >= 11 is 0. The van der Waals surface area contributed by atoms with E-state index in [1.165, 1.54) is 120 Å². The highest BCUT2D eigenvalue weighted by molar-refractivity contribution is 7.47. The van der Waals surface area contributed by atoms with E-state index in [1.807, 2.05) is 6.07 Å². The zero-order valence-electron chi connectivity index (χ0n) is 33.9. The lowest BCUT2D eigenvalue weighted by Crippen LogP contribution is -2.44. The van der Waals surface area contributed by atoms with Gasteiger partial charge in [-0.05, 0) is 49.2 Å². The minimum Gasteiger partial charge on any atom is -0.387 e. The molecule has 0 radical (unpaired) electrons. The SMILES string of the molecule is CCCCCCCCCCCCCCCCCCCC[C@@H](COP(=O)(O)OC[C@@]1(C)O[C@@H](c2ccc3c(N)ncnn23)[C@H](O)[C@@H]1O)OCc1cc(F)cc(C#N)c1. The molecule has 2 aromatic heterocycles. The van der Waals surface area contributed by atoms with Crippen molar-refractivity contribution < 1.29 is 42.6 Å². The zero-order chi connectivity index (χ0) is 41.1. The van der Waals surface area contributed by atoms with Crippen LogP contribution in [0.4, 0.5) is 10.2 Å². The minimum atomic E-state index is -4.71. The number of hydrogen-bond donors (Lipinski definition) is 4. The van der Waals surface area contributed by atoms with Crippen molar-refractivity contribution >= 4 is 19.2 Å². The maximum atomic E-state index is 14.1. The predicted octanol–water partition coefficient (Wildman–Crippen LogP) is 9.02. The number of unbranched alkanes of at least 4 members (excludes halogenated alkanes) is 17. The average molecular weight is 818 g/mol. The number of hydrogen-bond acceptors (Lipinski definition) is 11. The summed E-state index contributed by atoms with van der Waals surface area (Å²) in [4.78, 5) is 14.6. The van der Waals surface area contributed by atoms with Gasteiger partial charge in [-0.15, -0.1) is 0 Å². The molecule has 3 aromatic rings. The topological polar surface area (TPSA) is 195 Å². The third-order valence-electron chi connectivity index (χ3n) is 10.8. The molecule has 15 heteroatoms. The number of aliphatic hydroxyl groups is 2. The third-order valence-corrected chi connectivity index (χ3v) is 11.8. The highest BCUT2D eigenvalue weighted by Gasteiger charge is 2.53. The van der Waals surface area contributed by atoms with Gasteiger partial charge < -0.3 is 30.3 Å². The molecular weight excluding hydrogens is 752 g/mol. The minimum absolute atomic E-state index is 0.0293. The number of ether oxygens (including phenoxy) is 2. The van der Waals surface area contributed by atoms with Crippen molar-refractivity contribution in [2.45, 2.75) is 172 Å². The molecule has 57 heavy (non-hydrogen) atoms. The first-order valence-electron chi connectivity index (χ1n) is 21.0. The van der Waals surface area contributed by atoms with Crippen LogP contribution in [0.3, 0.4) is 0 Å². The smallest absolute Gasteiger partial charge is 0.387 e. The molecule has 1 fully saturated rings. The van der Waals surface area contributed by atoms with E-state index in [4.69, 9.17) is 24.3 Å². The van der Waals surface area contributed by atoms with Gasteiger partial charge in [0, 0.05) is 0 Å². The number of anilines is 1. The van der Waals surface area contributed by atoms with Crippen molar-refractivity contribution in [2.24, 2.45) is 0 Å². The second-order valence-corrected chi connectivity index (χ2v) is 17.2. The summed E-state index contributed by atoms with van der Waals surface area (Å²) in [6.07, 6.45) is 19.8. The van der Waals surface area contributed by atoms with Gasteiger partial charge >= 0.3 is 7.82 Å². The summed E-state index contributed by atoms with van der Waals surface area (Å²) in [6, 6.07) is 9.18. The summed E-state index contributed by atoms with van der Waals surface area (Å²) in [6.45, 7) is 2.81. The van der Waals surface area contributed by atoms with E-state index < -0.39 is 50.3 Å². The first-order chi connectivity index (χ1) is 27.5. The summed E-state index contributed by atoms with van der Waals surface area (Å²) in [5.41, 5.74) is 5.85. The molecule has 1 saturated heterocycles. The van der Waals surface area contributed by atoms with Crippen molar-refractivity contribution in [3.8, 4) is 6.07 Å². The molecule has 1 aliphatic rings. The van der Waals surface area contributed by atoms with Crippen molar-refractivity contribution in [3.05, 3.63) is 59.3 Å². The fraction of sp³-hybridized carbons (Fsp3) is 0.690. The van der Waals surface area contributed by atoms with E-state index in [1.54, 1.807) is 12.1 Å². The number of nitriles is 1. The van der Waals surface area contributed by atoms with E-state index in [-0.39, 0.29) is 24.6 Å². The van der Waals surface area contributed by atoms with Crippen molar-refractivity contribution in [1.82, 2.24) is 14.6 Å². The number of fused-ring (bicyclic) bond motifs is 1. The van der Waals surface area contributed by atoms with Crippen LogP contribution in [0, 0.1) is 17.1 Å². The maximum absolute atomic E-state index is 14.1. The molecule has 0 aliphatic carbocycles. The number of phosphoric ester groups is 1. The fourth-order valence-electron chi connectivity index (χ4n) is 7.42. The number of nitrogen functional groups attached to an aromatic ring is 1. The normalized spacial score (nSPS) is 21.2. The number of benzene rings is 1. The van der Waals surface area contributed by atoms with Gasteiger partial charge in [-0.1, -0.05) is 122 Å². The van der Waals surface area contributed by atoms with E-state index in [9.17, 15) is 29.3 Å². The molecule has 4 rings (SSSR count). The van der Waals surface area contributed by atoms with Crippen molar-refractivity contribution in [3.63, 3.8) is 0 Å². The van der Waals surface area contributed by atoms with Gasteiger partial charge in [-0.2, -0.15) is 10.4 Å². The lowest BCUT2D eigenvalue weighted by Gasteiger charge is -2.28. The molecule has 0 bridgehead atoms. The molecule has 1 unspecified atom stereocenters. The number of phosphoric acid groups is 1. The van der Waals surface area contributed by atoms with Crippen LogP contribution in [0.25, 0.3) is 5.52 Å². The molecular formula is C42H65FN5O8P. The highest BCUT2D eigenvalue weighted by Crippen LogP contribution is 2.48. The van der Waals surface area contributed by atoms with Gasteiger partial charge in [-0.25, -0.2) is 18.5 Å². The molecule has 1 aliphatic heterocycles. The number of nitrogens with zero attached hydrogens (tertiary/aromatic N) is 4. The quantitative estimate of drug-likeness (QED) is 0.0384. The Labute approximate surface area is 337 Å². The van der Waals surface area contributed by atoms with Crippen LogP contribution in [0.2, 0.25) is 0 Å². The van der Waals surface area contributed by atoms with Gasteiger partial charge in [0.1, 0.15) is 41.6 Å². The third kappa shape index (κ3) is 15.3. The Morgan fingerprint density at radius 2 is 1.54 bits per heavy atom. The van der Waals surface area contributed by atoms with Crippen LogP contribution in [0.1, 0.15) is 159 Å². The first-order valence-corrected chi connectivity index (χ1v) is 22.5. The predicted molar refractivity (Wildman–Crippen MR) is 216 cm³/mol. The lowest BCUT2D eigenvalue weighted by molar-refractivity contribution is -0.101. The van der Waals surface area contributed by atoms with Gasteiger partial charge in [0.05, 0.1) is 43.3 Å². The summed E-state index contributed by atoms with van der Waals surface area (Å²) < 4.78 is 51.4. The largest absolute Gasteiger partial charge is 0.472 e. The average Bonchev–Trinajstić information content (AvgIpc) is 3.72. The summed E-state index contributed by atoms with van der Waals surface area (Å²) in [5, 5.41) is 35.3. The van der Waals surface area contributed by atoms with Crippen molar-refractivity contribution in [2.75, 3.05) is 18.9 Å². The van der Waals surface area contributed by atoms with Crippen molar-refractivity contribution in [1.29, 1.82) is 5.26 Å². The Kier molecular flexibility index (Phi) is 19.8. The van der Waals surface area contributed by atoms with E-state index in [0.717, 1.165) is 31.7 Å². The molecule has 6 atom stereocenters. The molecule has 0 amide bonds. The second-order valence-electron chi connectivity index (χ2n) is 15.7. The number of aliphatic hydroxyl groups excluding tert-OH is 2. The molecule has 1 aromatic carbocycles. The second kappa shape index (κ2) is 24.2. The van der Waals surface area contributed by atoms with Crippen LogP contribution in [-0.4, -0.2) is 66.8 Å². The monoisotopic (exact) mass is 817 g/mol. The Morgan fingerprint density at radius 3 is 2.14 bits per heavy atom. The highest BCUT2D eigenvalue weighted by atomic mass is 31.2. The number of nitrogens with two attached hydrogens (primary N) is 1. The van der Waals surface area contributed by atoms with Crippen LogP contribution < -0.4 is 5.73 Å². The molecule has 5 N–H and O–H groups in total. The van der Waals surface area contributed by atoms with Crippen LogP contribution in [0.15, 0.2) is 36.7 Å². The van der Waals surface area contributed by atoms with E-state index in [0.29, 0.717) is 23.2 Å². The summed E-state index contributed by atoms with van der Waals surface area (Å²) in [5.74, 6) is -0.337. The van der Waals surface area contributed by atoms with E-state index >= 15 is 0 Å². The molecule has 0 spiro atoms. The molecule has 3 heterocycles. The standard InChI is InChI=1S/C42H65FN5O8P/c1-3-4-5-6-7-8-9-10-11-12-13-14-15-16-17-18-19-20-21-35(53-28-33-24-32(27-44)25-34(43)26-33)29-54-57(51,52)55-30-42(2)40(50)38(49)39(56-42)36-22-23-37-41(45)46-31-47-48(36)37/h22-26,31,35,38-40,49-50H,3-21,28-30H2,1-2H3,(H,51,52)(H2,45,46,47)/t35-,38-,39-,40-,42+/m0/s1. The van der Waals surface area contributed by atoms with E-state index in [2.05, 4.69) is 17.0 Å². The maximum Gasteiger partial charge on any atom is 0.472 e. The molecule has 0 saturated carbocycles. The Balaban J connectivity index is 1.19. The fourth-order valence-corrected chi connectivity index (χ4v) is 8.27. The van der Waals surface area contributed by atoms with Gasteiger partial charge in [0.2, 0.25) is 0 Å². The van der Waals surface area contributed by atoms with Crippen LogP contribution in [0.5, 0.6) is 0 Å². The summed E-state index contributed by atoms with van der Waals surface area (Å²) in [7, 11) is -4.71. The molecule has 13 nitrogen and oxygen atoms in total. The Morgan fingerprint density at radius 1 is 0.947 bits per heavy atom. The number of aromatic nitrogens is 3. The Bertz CT molecular complexity index is 1730. The first kappa shape index (κ1) is 46.7.